The van der Waals surface area contributed by atoms with Gasteiger partial charge in [-0.15, -0.1) is 0 Å². The summed E-state index contributed by atoms with van der Waals surface area (Å²) in [5.41, 5.74) is 3.00. The highest BCUT2D eigenvalue weighted by Crippen LogP contribution is 2.53. The zero-order valence-electron chi connectivity index (χ0n) is 11.2. The van der Waals surface area contributed by atoms with Crippen LogP contribution >= 0.6 is 0 Å². The van der Waals surface area contributed by atoms with Crippen molar-refractivity contribution < 1.29 is 14.3 Å². The summed E-state index contributed by atoms with van der Waals surface area (Å²) in [4.78, 5) is 12.2. The van der Waals surface area contributed by atoms with Gasteiger partial charge in [0.2, 0.25) is 0 Å². The van der Waals surface area contributed by atoms with Crippen molar-refractivity contribution in [3.63, 3.8) is 0 Å². The van der Waals surface area contributed by atoms with Gasteiger partial charge < -0.3 is 9.47 Å². The van der Waals surface area contributed by atoms with Gasteiger partial charge in [0.15, 0.2) is 11.4 Å². The Morgan fingerprint density at radius 1 is 1.47 bits per heavy atom. The molecule has 2 bridgehead atoms. The van der Waals surface area contributed by atoms with Crippen molar-refractivity contribution in [3.05, 3.63) is 11.3 Å². The number of carbonyl (C=O) groups is 1. The fourth-order valence-electron chi connectivity index (χ4n) is 2.95. The Bertz CT molecular complexity index is 356. The first-order valence-corrected chi connectivity index (χ1v) is 9.89. The lowest BCUT2D eigenvalue weighted by atomic mass is 9.57. The molecule has 3 aliphatic rings. The fraction of sp³-hybridized carbons (Fsp3) is 0.769. The van der Waals surface area contributed by atoms with Gasteiger partial charge in [-0.1, -0.05) is 25.3 Å². The molecule has 3 aliphatic carbocycles. The largest absolute Gasteiger partial charge is 0.359 e. The smallest absolute Gasteiger partial charge is 0.176 e. The summed E-state index contributed by atoms with van der Waals surface area (Å²) in [6.07, 6.45) is 2.93. The van der Waals surface area contributed by atoms with E-state index >= 15 is 0 Å². The number of methoxy groups -OCH3 is 1. The van der Waals surface area contributed by atoms with Gasteiger partial charge >= 0.3 is 0 Å². The fourth-order valence-corrected chi connectivity index (χ4v) is 4.32. The van der Waals surface area contributed by atoms with Crippen molar-refractivity contribution in [2.45, 2.75) is 44.5 Å². The highest BCUT2D eigenvalue weighted by atomic mass is 28.3. The van der Waals surface area contributed by atoms with Gasteiger partial charge in [0.05, 0.1) is 8.07 Å². The van der Waals surface area contributed by atoms with Crippen molar-refractivity contribution in [2.75, 3.05) is 13.9 Å². The molecule has 3 rings (SSSR count). The molecule has 0 aliphatic heterocycles. The van der Waals surface area contributed by atoms with Gasteiger partial charge in [0.25, 0.3) is 0 Å². The Labute approximate surface area is 104 Å². The van der Waals surface area contributed by atoms with E-state index in [0.717, 1.165) is 19.3 Å². The third-order valence-corrected chi connectivity index (χ3v) is 4.77. The minimum Gasteiger partial charge on any atom is -0.359 e. The maximum Gasteiger partial charge on any atom is 0.176 e. The van der Waals surface area contributed by atoms with Crippen LogP contribution in [0.5, 0.6) is 0 Å². The van der Waals surface area contributed by atoms with E-state index in [1.54, 1.807) is 7.11 Å². The lowest BCUT2D eigenvalue weighted by molar-refractivity contribution is -0.181. The van der Waals surface area contributed by atoms with Crippen molar-refractivity contribution in [3.8, 4) is 0 Å². The number of hydrogen-bond acceptors (Lipinski definition) is 3. The van der Waals surface area contributed by atoms with E-state index < -0.39 is 13.7 Å². The lowest BCUT2D eigenvalue weighted by Crippen LogP contribution is -2.62. The highest BCUT2D eigenvalue weighted by molar-refractivity contribution is 6.81. The lowest BCUT2D eigenvalue weighted by Gasteiger charge is -2.52. The molecule has 0 unspecified atom stereocenters. The highest BCUT2D eigenvalue weighted by Gasteiger charge is 2.61. The second kappa shape index (κ2) is 4.34. The molecule has 3 saturated carbocycles. The van der Waals surface area contributed by atoms with Crippen molar-refractivity contribution in [2.24, 2.45) is 5.92 Å². The second-order valence-electron chi connectivity index (χ2n) is 6.15. The number of hydrogen-bond donors (Lipinski definition) is 0. The molecule has 0 saturated heterocycles. The average molecular weight is 254 g/mol. The van der Waals surface area contributed by atoms with Gasteiger partial charge in [-0.05, 0) is 24.8 Å². The Hall–Kier alpha value is -0.453. The molecule has 0 aromatic carbocycles. The van der Waals surface area contributed by atoms with E-state index in [9.17, 15) is 4.79 Å². The van der Waals surface area contributed by atoms with Gasteiger partial charge in [-0.3, -0.25) is 4.79 Å². The second-order valence-corrected chi connectivity index (χ2v) is 11.2. The summed E-state index contributed by atoms with van der Waals surface area (Å²) in [5.74, 6) is 0.428. The predicted molar refractivity (Wildman–Crippen MR) is 69.5 cm³/mol. The van der Waals surface area contributed by atoms with E-state index in [4.69, 9.17) is 9.47 Å². The summed E-state index contributed by atoms with van der Waals surface area (Å²) < 4.78 is 10.7. The summed E-state index contributed by atoms with van der Waals surface area (Å²) >= 11 is 0. The molecule has 0 spiro atoms. The van der Waals surface area contributed by atoms with Crippen LogP contribution in [0.4, 0.5) is 0 Å². The molecule has 4 heteroatoms. The molecule has 0 N–H and O–H groups in total. The van der Waals surface area contributed by atoms with Gasteiger partial charge in [-0.25, -0.2) is 0 Å². The minimum atomic E-state index is -1.31. The van der Waals surface area contributed by atoms with E-state index in [-0.39, 0.29) is 18.5 Å². The number of rotatable bonds is 4. The molecule has 3 nitrogen and oxygen atoms in total. The summed E-state index contributed by atoms with van der Waals surface area (Å²) in [6.45, 7) is 7.09. The Morgan fingerprint density at radius 2 is 2.18 bits per heavy atom. The summed E-state index contributed by atoms with van der Waals surface area (Å²) in [7, 11) is 0.292. The van der Waals surface area contributed by atoms with Crippen molar-refractivity contribution in [1.82, 2.24) is 0 Å². The van der Waals surface area contributed by atoms with Crippen LogP contribution in [0.2, 0.25) is 19.6 Å². The van der Waals surface area contributed by atoms with Crippen LogP contribution in [0.15, 0.2) is 11.3 Å². The van der Waals surface area contributed by atoms with Crippen LogP contribution in [0.3, 0.4) is 0 Å². The van der Waals surface area contributed by atoms with Crippen molar-refractivity contribution in [1.29, 1.82) is 0 Å². The standard InChI is InChI=1S/C13H22O3Si/c1-15-9-16-13-7-5-6-10(12(13)14)11(13)8-17(2,3)4/h8,10H,5-7,9H2,1-4H3/b11-8+/t10-,13-/m1/s1. The molecule has 17 heavy (non-hydrogen) atoms. The first-order chi connectivity index (χ1) is 7.91. The first kappa shape index (κ1) is 13.0. The zero-order chi connectivity index (χ0) is 12.7. The minimum absolute atomic E-state index is 0.146. The Kier molecular flexibility index (Phi) is 3.31. The van der Waals surface area contributed by atoms with Crippen molar-refractivity contribution >= 4 is 13.9 Å². The Balaban J connectivity index is 2.26. The number of fused-ring (bicyclic) bond motifs is 2. The monoisotopic (exact) mass is 254 g/mol. The summed E-state index contributed by atoms with van der Waals surface area (Å²) in [6, 6.07) is 0. The molecular weight excluding hydrogens is 232 g/mol. The predicted octanol–water partition coefficient (Wildman–Crippen LogP) is 2.53. The molecule has 0 radical (unpaired) electrons. The average Bonchev–Trinajstić information content (AvgIpc) is 2.26. The number of carbonyl (C=O) groups excluding carboxylic acids is 1. The SMILES string of the molecule is COCO[C@@]12CCC[C@@H](C1=O)/C2=C\[Si](C)(C)C. The van der Waals surface area contributed by atoms with Crippen LogP contribution in [0, 0.1) is 5.92 Å². The number of Topliss-reactive ketones (excluding diaryl/α,β-unsaturated/α-hetero) is 1. The third kappa shape index (κ3) is 2.14. The maximum atomic E-state index is 12.2. The quantitative estimate of drug-likeness (QED) is 0.571. The molecule has 0 amide bonds. The van der Waals surface area contributed by atoms with E-state index in [0.29, 0.717) is 0 Å². The topological polar surface area (TPSA) is 35.5 Å². The van der Waals surface area contributed by atoms with Crippen LogP contribution in [0.25, 0.3) is 0 Å². The van der Waals surface area contributed by atoms with Gasteiger partial charge in [0.1, 0.15) is 6.79 Å². The van der Waals surface area contributed by atoms with Gasteiger partial charge in [-0.2, -0.15) is 0 Å². The molecule has 3 fully saturated rings. The Morgan fingerprint density at radius 3 is 2.71 bits per heavy atom. The molecular formula is C13H22O3Si. The molecule has 0 aromatic heterocycles. The molecule has 0 heterocycles. The third-order valence-electron chi connectivity index (χ3n) is 3.59. The molecule has 2 atom stereocenters. The van der Waals surface area contributed by atoms with Crippen LogP contribution < -0.4 is 0 Å². The van der Waals surface area contributed by atoms with Crippen LogP contribution in [-0.2, 0) is 14.3 Å². The molecule has 0 aromatic rings. The normalized spacial score (nSPS) is 34.9. The maximum absolute atomic E-state index is 12.2. The number of ether oxygens (including phenoxy) is 2. The molecule has 96 valence electrons. The van der Waals surface area contributed by atoms with Gasteiger partial charge in [0, 0.05) is 13.0 Å². The first-order valence-electron chi connectivity index (χ1n) is 6.31. The van der Waals surface area contributed by atoms with E-state index in [1.807, 2.05) is 0 Å². The van der Waals surface area contributed by atoms with Crippen LogP contribution in [-0.4, -0.2) is 33.4 Å². The van der Waals surface area contributed by atoms with E-state index in [2.05, 4.69) is 25.3 Å². The summed E-state index contributed by atoms with van der Waals surface area (Å²) in [5, 5.41) is 0. The zero-order valence-corrected chi connectivity index (χ0v) is 12.2. The number of ketones is 1. The van der Waals surface area contributed by atoms with E-state index in [1.165, 1.54) is 5.57 Å². The van der Waals surface area contributed by atoms with Crippen LogP contribution in [0.1, 0.15) is 19.3 Å².